The summed E-state index contributed by atoms with van der Waals surface area (Å²) in [6.07, 6.45) is 5.17. The number of carbonyl (C=O) groups excluding carboxylic acids is 1. The maximum Gasteiger partial charge on any atom is 0.159 e. The van der Waals surface area contributed by atoms with Crippen LogP contribution in [0.25, 0.3) is 0 Å². The largest absolute Gasteiger partial charge is 0.462 e. The highest BCUT2D eigenvalue weighted by molar-refractivity contribution is 7.49. The number of ether oxygens (including phenoxy) is 1. The van der Waals surface area contributed by atoms with Gasteiger partial charge in [0.1, 0.15) is 11.5 Å². The topological polar surface area (TPSA) is 38.7 Å². The fraction of sp³-hybridized carbons (Fsp3) is 0.238. The molecular formula is C21H20NO2P. The lowest BCUT2D eigenvalue weighted by molar-refractivity contribution is -0.115. The number of ketones is 1. The number of benzene rings is 2. The summed E-state index contributed by atoms with van der Waals surface area (Å²) in [6.45, 7) is 0. The Morgan fingerprint density at radius 2 is 1.92 bits per heavy atom. The molecule has 2 unspecified atom stereocenters. The summed E-state index contributed by atoms with van der Waals surface area (Å²) in [4.78, 5) is 16.5. The van der Waals surface area contributed by atoms with Crippen molar-refractivity contribution < 1.29 is 9.53 Å². The minimum Gasteiger partial charge on any atom is -0.462 e. The predicted molar refractivity (Wildman–Crippen MR) is 104 cm³/mol. The van der Waals surface area contributed by atoms with Crippen molar-refractivity contribution in [3.63, 3.8) is 0 Å². The van der Waals surface area contributed by atoms with E-state index in [1.54, 1.807) is 6.08 Å². The smallest absolute Gasteiger partial charge is 0.159 e. The zero-order valence-corrected chi connectivity index (χ0v) is 14.9. The van der Waals surface area contributed by atoms with Gasteiger partial charge in [-0.15, -0.1) is 8.58 Å². The van der Waals surface area contributed by atoms with Crippen molar-refractivity contribution in [2.75, 3.05) is 6.16 Å². The Balaban J connectivity index is 1.59. The van der Waals surface area contributed by atoms with Gasteiger partial charge >= 0.3 is 0 Å². The summed E-state index contributed by atoms with van der Waals surface area (Å²) in [5.74, 6) is 1.65. The summed E-state index contributed by atoms with van der Waals surface area (Å²) in [7, 11) is 0.971. The van der Waals surface area contributed by atoms with Crippen LogP contribution in [-0.2, 0) is 4.79 Å². The Kier molecular flexibility index (Phi) is 4.76. The molecule has 4 heteroatoms. The van der Waals surface area contributed by atoms with E-state index in [1.807, 2.05) is 30.3 Å². The quantitative estimate of drug-likeness (QED) is 0.570. The van der Waals surface area contributed by atoms with Crippen LogP contribution in [0.3, 0.4) is 0 Å². The second-order valence-corrected chi connectivity index (χ2v) is 7.87. The van der Waals surface area contributed by atoms with Gasteiger partial charge in [-0.3, -0.25) is 9.79 Å². The van der Waals surface area contributed by atoms with Gasteiger partial charge in [0, 0.05) is 30.6 Å². The van der Waals surface area contributed by atoms with E-state index in [9.17, 15) is 4.79 Å². The van der Waals surface area contributed by atoms with E-state index >= 15 is 0 Å². The monoisotopic (exact) mass is 349 g/mol. The number of aliphatic imine (C=N–C) groups is 1. The Labute approximate surface area is 149 Å². The molecular weight excluding hydrogens is 329 g/mol. The Morgan fingerprint density at radius 3 is 2.68 bits per heavy atom. The minimum absolute atomic E-state index is 0.150. The molecule has 0 N–H and O–H groups in total. The van der Waals surface area contributed by atoms with Crippen LogP contribution in [0.4, 0.5) is 5.69 Å². The molecule has 0 bridgehead atoms. The molecule has 2 aliphatic rings. The fourth-order valence-electron chi connectivity index (χ4n) is 2.95. The highest BCUT2D eigenvalue weighted by atomic mass is 31.1. The summed E-state index contributed by atoms with van der Waals surface area (Å²) in [5.41, 5.74) is 3.86. The van der Waals surface area contributed by atoms with Gasteiger partial charge in [-0.25, -0.2) is 0 Å². The summed E-state index contributed by atoms with van der Waals surface area (Å²) < 4.78 is 5.90. The molecule has 25 heavy (non-hydrogen) atoms. The first-order valence-corrected chi connectivity index (χ1v) is 9.95. The average molecular weight is 349 g/mol. The molecule has 4 rings (SSSR count). The van der Waals surface area contributed by atoms with Gasteiger partial charge in [0.2, 0.25) is 0 Å². The molecule has 2 aromatic carbocycles. The van der Waals surface area contributed by atoms with Crippen molar-refractivity contribution in [2.45, 2.75) is 24.9 Å². The van der Waals surface area contributed by atoms with Gasteiger partial charge in [-0.05, 0) is 30.3 Å². The third-order valence-corrected chi connectivity index (χ3v) is 5.38. The average Bonchev–Trinajstić information content (AvgIpc) is 3.46. The van der Waals surface area contributed by atoms with Crippen LogP contribution >= 0.6 is 8.58 Å². The molecule has 0 amide bonds. The highest BCUT2D eigenvalue weighted by Gasteiger charge is 2.28. The number of rotatable bonds is 5. The molecule has 1 aliphatic carbocycles. The van der Waals surface area contributed by atoms with Crippen LogP contribution in [0.5, 0.6) is 5.75 Å². The zero-order valence-electron chi connectivity index (χ0n) is 13.9. The zero-order chi connectivity index (χ0) is 17.1. The van der Waals surface area contributed by atoms with Gasteiger partial charge in [0.25, 0.3) is 0 Å². The van der Waals surface area contributed by atoms with Crippen LogP contribution in [0.1, 0.15) is 24.8 Å². The fourth-order valence-corrected chi connectivity index (χ4v) is 3.69. The first-order chi connectivity index (χ1) is 12.3. The standard InChI is InChI=1S/C21H20NO2P/c23-17-9-5-11-19(13-17)24-18-10-4-8-16(12-18)22-21(20-14-25-20)15-6-2-1-3-7-15/h1-4,6-8,10,12-13,20,25H,5,9,11,14H2. The van der Waals surface area contributed by atoms with Crippen LogP contribution in [-0.4, -0.2) is 23.3 Å². The lowest BCUT2D eigenvalue weighted by Gasteiger charge is -2.13. The van der Waals surface area contributed by atoms with Crippen LogP contribution in [0, 0.1) is 0 Å². The normalized spacial score (nSPS) is 21.1. The maximum absolute atomic E-state index is 11.5. The van der Waals surface area contributed by atoms with Crippen molar-refractivity contribution in [1.82, 2.24) is 0 Å². The van der Waals surface area contributed by atoms with Crippen LogP contribution in [0.2, 0.25) is 0 Å². The van der Waals surface area contributed by atoms with E-state index in [-0.39, 0.29) is 5.78 Å². The second-order valence-electron chi connectivity index (χ2n) is 6.35. The van der Waals surface area contributed by atoms with Crippen LogP contribution in [0.15, 0.2) is 71.4 Å². The molecule has 1 heterocycles. The van der Waals surface area contributed by atoms with Gasteiger partial charge in [-0.1, -0.05) is 36.4 Å². The molecule has 1 aliphatic heterocycles. The van der Waals surface area contributed by atoms with E-state index in [1.165, 1.54) is 17.4 Å². The van der Waals surface area contributed by atoms with Gasteiger partial charge in [0.15, 0.2) is 5.78 Å². The second kappa shape index (κ2) is 7.33. The molecule has 0 spiro atoms. The summed E-state index contributed by atoms with van der Waals surface area (Å²) in [6, 6.07) is 18.2. The van der Waals surface area contributed by atoms with E-state index in [0.29, 0.717) is 12.1 Å². The first-order valence-electron chi connectivity index (χ1n) is 8.67. The van der Waals surface area contributed by atoms with Gasteiger partial charge < -0.3 is 4.74 Å². The predicted octanol–water partition coefficient (Wildman–Crippen LogP) is 4.88. The number of nitrogens with zero attached hydrogens (tertiary/aromatic N) is 1. The first kappa shape index (κ1) is 16.2. The third-order valence-electron chi connectivity index (χ3n) is 4.29. The van der Waals surface area contributed by atoms with Crippen molar-refractivity contribution in [2.24, 2.45) is 4.99 Å². The molecule has 2 atom stereocenters. The van der Waals surface area contributed by atoms with E-state index in [4.69, 9.17) is 9.73 Å². The molecule has 1 fully saturated rings. The molecule has 126 valence electrons. The number of carbonyl (C=O) groups is 1. The molecule has 2 aromatic rings. The maximum atomic E-state index is 11.5. The number of allylic oxidation sites excluding steroid dienone is 2. The number of hydrogen-bond acceptors (Lipinski definition) is 3. The van der Waals surface area contributed by atoms with Gasteiger partial charge in [0.05, 0.1) is 11.4 Å². The minimum atomic E-state index is 0.150. The lowest BCUT2D eigenvalue weighted by Crippen LogP contribution is -2.07. The summed E-state index contributed by atoms with van der Waals surface area (Å²) in [5, 5.41) is 0. The molecule has 1 saturated heterocycles. The van der Waals surface area contributed by atoms with Crippen molar-refractivity contribution in [3.8, 4) is 5.75 Å². The molecule has 0 aromatic heterocycles. The SMILES string of the molecule is O=C1C=C(Oc2cccc(N=C(c3ccccc3)C3CP3)c2)CCC1. The van der Waals surface area contributed by atoms with E-state index in [2.05, 4.69) is 24.3 Å². The Bertz CT molecular complexity index is 838. The van der Waals surface area contributed by atoms with Crippen molar-refractivity contribution in [3.05, 3.63) is 72.0 Å². The van der Waals surface area contributed by atoms with E-state index < -0.39 is 0 Å². The molecule has 0 saturated carbocycles. The Morgan fingerprint density at radius 1 is 1.08 bits per heavy atom. The highest BCUT2D eigenvalue weighted by Crippen LogP contribution is 2.42. The Hall–Kier alpha value is -2.25. The molecule has 3 nitrogen and oxygen atoms in total. The molecule has 0 radical (unpaired) electrons. The van der Waals surface area contributed by atoms with Crippen LogP contribution < -0.4 is 4.74 Å². The third kappa shape index (κ3) is 4.24. The lowest BCUT2D eigenvalue weighted by atomic mass is 10.1. The van der Waals surface area contributed by atoms with Crippen molar-refractivity contribution >= 4 is 25.8 Å². The van der Waals surface area contributed by atoms with Gasteiger partial charge in [-0.2, -0.15) is 0 Å². The number of hydrogen-bond donors (Lipinski definition) is 0. The van der Waals surface area contributed by atoms with Crippen molar-refractivity contribution in [1.29, 1.82) is 0 Å². The van der Waals surface area contributed by atoms with E-state index in [0.717, 1.165) is 38.6 Å². The summed E-state index contributed by atoms with van der Waals surface area (Å²) >= 11 is 0.